The number of aromatic nitrogens is 2. The average molecular weight is 445 g/mol. The van der Waals surface area contributed by atoms with Crippen LogP contribution in [0.15, 0.2) is 48.5 Å². The van der Waals surface area contributed by atoms with Gasteiger partial charge in [-0.2, -0.15) is 5.10 Å². The predicted molar refractivity (Wildman–Crippen MR) is 130 cm³/mol. The Morgan fingerprint density at radius 3 is 2.61 bits per heavy atom. The van der Waals surface area contributed by atoms with E-state index in [-0.39, 0.29) is 0 Å². The highest BCUT2D eigenvalue weighted by molar-refractivity contribution is 5.58. The van der Waals surface area contributed by atoms with Gasteiger partial charge in [-0.25, -0.2) is 4.68 Å². The highest BCUT2D eigenvalue weighted by atomic mass is 16.6. The van der Waals surface area contributed by atoms with Crippen molar-refractivity contribution in [2.75, 3.05) is 38.2 Å². The zero-order valence-electron chi connectivity index (χ0n) is 19.1. The van der Waals surface area contributed by atoms with Gasteiger partial charge in [0.25, 0.3) is 0 Å². The van der Waals surface area contributed by atoms with Crippen molar-refractivity contribution in [3.63, 3.8) is 0 Å². The second kappa shape index (κ2) is 9.10. The minimum Gasteiger partial charge on any atom is -0.486 e. The molecule has 3 aromatic rings. The minimum absolute atomic E-state index is 0.518. The third-order valence-corrected chi connectivity index (χ3v) is 7.15. The maximum absolute atomic E-state index is 5.85. The Bertz CT molecular complexity index is 1100. The molecule has 0 radical (unpaired) electrons. The Hall–Kier alpha value is -2.99. The molecule has 6 heteroatoms. The van der Waals surface area contributed by atoms with Crippen molar-refractivity contribution in [2.24, 2.45) is 0 Å². The third-order valence-electron chi connectivity index (χ3n) is 7.15. The van der Waals surface area contributed by atoms with Crippen molar-refractivity contribution < 1.29 is 9.47 Å². The molecule has 0 saturated carbocycles. The van der Waals surface area contributed by atoms with Crippen LogP contribution in [0.3, 0.4) is 0 Å². The van der Waals surface area contributed by atoms with E-state index in [0.717, 1.165) is 62.6 Å². The lowest BCUT2D eigenvalue weighted by atomic mass is 9.90. The van der Waals surface area contributed by atoms with Gasteiger partial charge >= 0.3 is 0 Å². The zero-order valence-corrected chi connectivity index (χ0v) is 19.1. The van der Waals surface area contributed by atoms with E-state index in [2.05, 4.69) is 57.4 Å². The van der Waals surface area contributed by atoms with Crippen molar-refractivity contribution in [3.8, 4) is 17.2 Å². The molecule has 2 aromatic carbocycles. The van der Waals surface area contributed by atoms with Crippen LogP contribution in [0.1, 0.15) is 48.4 Å². The molecule has 0 unspecified atom stereocenters. The molecule has 1 saturated heterocycles. The molecular formula is C27H32N4O2. The van der Waals surface area contributed by atoms with Crippen molar-refractivity contribution in [2.45, 2.75) is 44.6 Å². The van der Waals surface area contributed by atoms with Crippen LogP contribution < -0.4 is 14.8 Å². The first kappa shape index (κ1) is 20.6. The molecule has 6 nitrogen and oxygen atoms in total. The first-order valence-corrected chi connectivity index (χ1v) is 12.4. The number of hydrogen-bond acceptors (Lipinski definition) is 5. The van der Waals surface area contributed by atoms with Crippen LogP contribution >= 0.6 is 0 Å². The predicted octanol–water partition coefficient (Wildman–Crippen LogP) is 4.77. The summed E-state index contributed by atoms with van der Waals surface area (Å²) in [7, 11) is 0. The van der Waals surface area contributed by atoms with Gasteiger partial charge in [-0.15, -0.1) is 0 Å². The summed E-state index contributed by atoms with van der Waals surface area (Å²) in [6.45, 7) is 5.49. The molecule has 0 spiro atoms. The molecule has 33 heavy (non-hydrogen) atoms. The van der Waals surface area contributed by atoms with Gasteiger partial charge < -0.3 is 14.8 Å². The molecule has 1 aromatic heterocycles. The van der Waals surface area contributed by atoms with Crippen LogP contribution in [0.5, 0.6) is 11.5 Å². The summed E-state index contributed by atoms with van der Waals surface area (Å²) in [5.74, 6) is 3.32. The summed E-state index contributed by atoms with van der Waals surface area (Å²) < 4.78 is 13.7. The molecule has 1 fully saturated rings. The quantitative estimate of drug-likeness (QED) is 0.628. The van der Waals surface area contributed by atoms with E-state index < -0.39 is 0 Å². The Morgan fingerprint density at radius 1 is 0.939 bits per heavy atom. The van der Waals surface area contributed by atoms with Crippen molar-refractivity contribution in [3.05, 3.63) is 65.4 Å². The summed E-state index contributed by atoms with van der Waals surface area (Å²) in [4.78, 5) is 2.58. The van der Waals surface area contributed by atoms with E-state index >= 15 is 0 Å². The fourth-order valence-electron chi connectivity index (χ4n) is 5.41. The van der Waals surface area contributed by atoms with E-state index in [0.29, 0.717) is 19.1 Å². The fourth-order valence-corrected chi connectivity index (χ4v) is 5.41. The normalized spacial score (nSPS) is 18.9. The minimum atomic E-state index is 0.518. The van der Waals surface area contributed by atoms with Crippen LogP contribution in [-0.2, 0) is 13.0 Å². The number of fused-ring (bicyclic) bond motifs is 2. The van der Waals surface area contributed by atoms with E-state index in [1.165, 1.54) is 35.5 Å². The van der Waals surface area contributed by atoms with E-state index in [4.69, 9.17) is 14.6 Å². The van der Waals surface area contributed by atoms with Gasteiger partial charge in [0.15, 0.2) is 11.5 Å². The summed E-state index contributed by atoms with van der Waals surface area (Å²) in [5.41, 5.74) is 5.16. The van der Waals surface area contributed by atoms with Crippen LogP contribution in [-0.4, -0.2) is 47.5 Å². The zero-order chi connectivity index (χ0) is 22.0. The van der Waals surface area contributed by atoms with Gasteiger partial charge in [-0.1, -0.05) is 30.3 Å². The molecule has 0 amide bonds. The average Bonchev–Trinajstić information content (AvgIpc) is 3.05. The smallest absolute Gasteiger partial charge is 0.163 e. The second-order valence-corrected chi connectivity index (χ2v) is 9.37. The number of nitrogens with zero attached hydrogens (tertiary/aromatic N) is 3. The second-order valence-electron chi connectivity index (χ2n) is 9.37. The Kier molecular flexibility index (Phi) is 5.68. The molecule has 1 N–H and O–H groups in total. The number of ether oxygens (including phenoxy) is 2. The number of piperidine rings is 1. The largest absolute Gasteiger partial charge is 0.486 e. The van der Waals surface area contributed by atoms with E-state index in [9.17, 15) is 0 Å². The van der Waals surface area contributed by atoms with Crippen molar-refractivity contribution in [1.82, 2.24) is 14.7 Å². The number of nitrogens with one attached hydrogen (secondary N) is 1. The lowest BCUT2D eigenvalue weighted by Gasteiger charge is -2.31. The molecular weight excluding hydrogens is 412 g/mol. The monoisotopic (exact) mass is 444 g/mol. The first-order chi connectivity index (χ1) is 16.3. The molecule has 0 bridgehead atoms. The van der Waals surface area contributed by atoms with Gasteiger partial charge in [0.2, 0.25) is 0 Å². The fraction of sp³-hybridized carbons (Fsp3) is 0.444. The topological polar surface area (TPSA) is 51.6 Å². The van der Waals surface area contributed by atoms with E-state index in [1.807, 2.05) is 6.07 Å². The number of hydrogen-bond donors (Lipinski definition) is 1. The molecule has 0 atom stereocenters. The summed E-state index contributed by atoms with van der Waals surface area (Å²) in [6, 6.07) is 17.0. The number of anilines is 1. The van der Waals surface area contributed by atoms with Crippen molar-refractivity contribution >= 4 is 5.82 Å². The third kappa shape index (κ3) is 4.20. The molecule has 3 aliphatic rings. The van der Waals surface area contributed by atoms with Crippen LogP contribution in [0.25, 0.3) is 5.69 Å². The highest BCUT2D eigenvalue weighted by Gasteiger charge is 2.29. The molecule has 3 aliphatic heterocycles. The Morgan fingerprint density at radius 2 is 1.76 bits per heavy atom. The van der Waals surface area contributed by atoms with Gasteiger partial charge in [0.05, 0.1) is 11.4 Å². The number of rotatable bonds is 4. The van der Waals surface area contributed by atoms with Gasteiger partial charge in [-0.05, 0) is 62.9 Å². The van der Waals surface area contributed by atoms with Crippen LogP contribution in [0.2, 0.25) is 0 Å². The van der Waals surface area contributed by atoms with Crippen LogP contribution in [0.4, 0.5) is 5.82 Å². The van der Waals surface area contributed by atoms with Gasteiger partial charge in [0, 0.05) is 30.6 Å². The molecule has 0 aliphatic carbocycles. The summed E-state index contributed by atoms with van der Waals surface area (Å²) in [6.07, 6.45) is 5.85. The molecule has 4 heterocycles. The Balaban J connectivity index is 1.26. The van der Waals surface area contributed by atoms with Crippen molar-refractivity contribution in [1.29, 1.82) is 0 Å². The number of benzene rings is 2. The molecule has 172 valence electrons. The summed E-state index contributed by atoms with van der Waals surface area (Å²) in [5, 5.41) is 8.92. The SMILES string of the molecule is c1ccc(CN2CCC(c3nn(-c4ccc5c(c4)OCCO5)c4c3CCCCN4)CC2)cc1. The lowest BCUT2D eigenvalue weighted by Crippen LogP contribution is -2.32. The Labute approximate surface area is 195 Å². The maximum Gasteiger partial charge on any atom is 0.163 e. The standard InChI is InChI=1S/C27H32N4O2/c1-2-6-20(7-3-1)19-30-14-11-21(12-15-30)26-23-8-4-5-13-28-27(23)31(29-26)22-9-10-24-25(18-22)33-17-16-32-24/h1-3,6-7,9-10,18,21,28H,4-5,8,11-17,19H2. The maximum atomic E-state index is 5.85. The van der Waals surface area contributed by atoms with Gasteiger partial charge in [-0.3, -0.25) is 4.90 Å². The van der Waals surface area contributed by atoms with Crippen LogP contribution in [0, 0.1) is 0 Å². The number of likely N-dealkylation sites (tertiary alicyclic amines) is 1. The van der Waals surface area contributed by atoms with Gasteiger partial charge in [0.1, 0.15) is 19.0 Å². The lowest BCUT2D eigenvalue weighted by molar-refractivity contribution is 0.171. The highest BCUT2D eigenvalue weighted by Crippen LogP contribution is 2.38. The molecule has 6 rings (SSSR count). The van der Waals surface area contributed by atoms with E-state index in [1.54, 1.807) is 0 Å². The summed E-state index contributed by atoms with van der Waals surface area (Å²) >= 11 is 0. The first-order valence-electron chi connectivity index (χ1n) is 12.4.